The molecule has 0 spiro atoms. The molecule has 1 fully saturated rings. The Kier molecular flexibility index (Phi) is 10.8. The summed E-state index contributed by atoms with van der Waals surface area (Å²) < 4.78 is 32.4. The average Bonchev–Trinajstić information content (AvgIpc) is 3.70. The molecular weight excluding hydrogens is 786 g/mol. The molecule has 1 saturated heterocycles. The number of hydrogen-bond donors (Lipinski definition) is 1. The number of aromatic nitrogens is 3. The van der Waals surface area contributed by atoms with Crippen molar-refractivity contribution in [2.75, 3.05) is 18.9 Å². The predicted molar refractivity (Wildman–Crippen MR) is 202 cm³/mol. The van der Waals surface area contributed by atoms with Gasteiger partial charge in [0, 0.05) is 0 Å². The first-order chi connectivity index (χ1) is 27.2. The monoisotopic (exact) mass is 815 g/mol. The van der Waals surface area contributed by atoms with E-state index in [1.165, 1.54) is 59.4 Å². The Hall–Kier alpha value is -6.89. The zero-order valence-electron chi connectivity index (χ0n) is 29.2. The van der Waals surface area contributed by atoms with Gasteiger partial charge in [0.2, 0.25) is 0 Å². The Morgan fingerprint density at radius 3 is 1.62 bits per heavy atom. The number of rotatable bonds is 11. The first-order valence-corrected chi connectivity index (χ1v) is 17.8. The molecule has 2 N–H and O–H groups in total. The third kappa shape index (κ3) is 7.43. The van der Waals surface area contributed by atoms with E-state index in [9.17, 15) is 24.4 Å². The molecule has 280 valence electrons. The van der Waals surface area contributed by atoms with E-state index in [1.54, 1.807) is 72.8 Å². The number of ether oxygens (including phenoxy) is 5. The molecule has 0 radical (unpaired) electrons. The number of nitrogen functional groups attached to an aromatic ring is 1. The maximum absolute atomic E-state index is 14.0. The van der Waals surface area contributed by atoms with Crippen molar-refractivity contribution in [2.45, 2.75) is 24.0 Å². The summed E-state index contributed by atoms with van der Waals surface area (Å²) in [4.78, 5) is 63.4. The van der Waals surface area contributed by atoms with Gasteiger partial charge >= 0.3 is 23.9 Å². The summed E-state index contributed by atoms with van der Waals surface area (Å²) in [5, 5.41) is 10.4. The number of esters is 4. The van der Waals surface area contributed by atoms with Crippen molar-refractivity contribution in [1.29, 1.82) is 5.26 Å². The Labute approximate surface area is 327 Å². The van der Waals surface area contributed by atoms with Crippen LogP contribution in [0.15, 0.2) is 132 Å². The van der Waals surface area contributed by atoms with Crippen molar-refractivity contribution in [3.8, 4) is 6.07 Å². The highest BCUT2D eigenvalue weighted by Gasteiger charge is 2.62. The largest absolute Gasteiger partial charge is 0.459 e. The molecular formula is C41H30BrN5O9. The number of nitriles is 1. The highest BCUT2D eigenvalue weighted by atomic mass is 79.9. The molecule has 1 aliphatic rings. The van der Waals surface area contributed by atoms with Crippen LogP contribution in [0.3, 0.4) is 0 Å². The molecule has 0 saturated carbocycles. The molecule has 7 rings (SSSR count). The Morgan fingerprint density at radius 1 is 0.714 bits per heavy atom. The lowest BCUT2D eigenvalue weighted by Gasteiger charge is -2.33. The minimum absolute atomic E-state index is 0.0242. The number of carbonyl (C=O) groups is 4. The van der Waals surface area contributed by atoms with Crippen LogP contribution in [0.5, 0.6) is 0 Å². The zero-order chi connectivity index (χ0) is 39.2. The second-order valence-electron chi connectivity index (χ2n) is 12.5. The number of benzene rings is 4. The van der Waals surface area contributed by atoms with E-state index in [-0.39, 0.29) is 49.3 Å². The Bertz CT molecular complexity index is 2390. The Balaban J connectivity index is 1.41. The van der Waals surface area contributed by atoms with Crippen molar-refractivity contribution in [3.63, 3.8) is 0 Å². The number of anilines is 1. The molecule has 14 nitrogen and oxygen atoms in total. The molecule has 3 heterocycles. The van der Waals surface area contributed by atoms with Crippen LogP contribution in [-0.2, 0) is 23.7 Å². The summed E-state index contributed by atoms with van der Waals surface area (Å²) in [6.07, 6.45) is -3.58. The Morgan fingerprint density at radius 2 is 1.16 bits per heavy atom. The third-order valence-electron chi connectivity index (χ3n) is 8.98. The molecule has 15 heteroatoms. The fraction of sp³-hybridized carbons (Fsp3) is 0.146. The lowest BCUT2D eigenvalue weighted by Crippen LogP contribution is -2.54. The van der Waals surface area contributed by atoms with Crippen LogP contribution in [-0.4, -0.2) is 69.4 Å². The smallest absolute Gasteiger partial charge is 0.338 e. The molecule has 6 aromatic rings. The number of nitrogens with zero attached hydrogens (tertiary/aromatic N) is 4. The number of carbonyl (C=O) groups excluding carboxylic acids is 4. The highest BCUT2D eigenvalue weighted by Crippen LogP contribution is 2.46. The van der Waals surface area contributed by atoms with E-state index in [0.29, 0.717) is 0 Å². The van der Waals surface area contributed by atoms with Crippen molar-refractivity contribution in [1.82, 2.24) is 14.5 Å². The summed E-state index contributed by atoms with van der Waals surface area (Å²) in [6.45, 7) is -1.38. The lowest BCUT2D eigenvalue weighted by molar-refractivity contribution is -0.153. The number of hydrogen-bond acceptors (Lipinski definition) is 13. The fourth-order valence-corrected chi connectivity index (χ4v) is 6.93. The quantitative estimate of drug-likeness (QED) is 0.117. The van der Waals surface area contributed by atoms with Gasteiger partial charge in [-0.25, -0.2) is 29.1 Å². The maximum atomic E-state index is 14.0. The molecule has 0 unspecified atom stereocenters. The van der Waals surface area contributed by atoms with Gasteiger partial charge in [-0.15, -0.1) is 0 Å². The van der Waals surface area contributed by atoms with E-state index in [4.69, 9.17) is 29.4 Å². The van der Waals surface area contributed by atoms with Crippen LogP contribution >= 0.6 is 15.9 Å². The van der Waals surface area contributed by atoms with Crippen LogP contribution < -0.4 is 5.73 Å². The van der Waals surface area contributed by atoms with E-state index in [1.807, 2.05) is 0 Å². The van der Waals surface area contributed by atoms with Gasteiger partial charge in [0.1, 0.15) is 41.7 Å². The standard InChI is InChI=1S/C41H30BrN5O9/c42-33-29(21-43)30-34(44)45-24-46-35(30)47(33)36-31(54-39(50)27-17-9-3-10-18-27)32(55-40(51)28-19-11-4-12-20-28)41(56-36,22-52-37(48)25-13-5-1-6-14-25)23-53-38(49)26-15-7-2-8-16-26/h1-20,24,31-32,36H,22-23H2,(H2,44,45,46)/t31-,32+,36-/m1/s1. The maximum Gasteiger partial charge on any atom is 0.338 e. The third-order valence-corrected chi connectivity index (χ3v) is 9.76. The van der Waals surface area contributed by atoms with Gasteiger partial charge in [-0.05, 0) is 64.5 Å². The molecule has 0 amide bonds. The average molecular weight is 817 g/mol. The zero-order valence-corrected chi connectivity index (χ0v) is 30.8. The van der Waals surface area contributed by atoms with Gasteiger partial charge < -0.3 is 29.4 Å². The van der Waals surface area contributed by atoms with Crippen molar-refractivity contribution < 1.29 is 42.9 Å². The fourth-order valence-electron chi connectivity index (χ4n) is 6.27. The minimum Gasteiger partial charge on any atom is -0.459 e. The first kappa shape index (κ1) is 37.4. The van der Waals surface area contributed by atoms with E-state index < -0.39 is 61.1 Å². The van der Waals surface area contributed by atoms with Crippen LogP contribution in [0.25, 0.3) is 11.0 Å². The molecule has 2 aromatic heterocycles. The second kappa shape index (κ2) is 16.2. The van der Waals surface area contributed by atoms with Crippen molar-refractivity contribution in [2.24, 2.45) is 0 Å². The van der Waals surface area contributed by atoms with Crippen LogP contribution in [0, 0.1) is 11.3 Å². The minimum atomic E-state index is -2.08. The van der Waals surface area contributed by atoms with Gasteiger partial charge in [0.15, 0.2) is 24.0 Å². The summed E-state index contributed by atoms with van der Waals surface area (Å²) in [5.74, 6) is -3.30. The van der Waals surface area contributed by atoms with E-state index in [2.05, 4.69) is 32.0 Å². The van der Waals surface area contributed by atoms with Crippen molar-refractivity contribution in [3.05, 3.63) is 160 Å². The first-order valence-electron chi connectivity index (χ1n) is 17.0. The number of fused-ring (bicyclic) bond motifs is 1. The molecule has 4 aromatic carbocycles. The lowest BCUT2D eigenvalue weighted by atomic mass is 9.95. The van der Waals surface area contributed by atoms with Crippen LogP contribution in [0.2, 0.25) is 0 Å². The molecule has 0 aliphatic carbocycles. The van der Waals surface area contributed by atoms with Gasteiger partial charge in [-0.3, -0.25) is 4.57 Å². The summed E-state index contributed by atoms with van der Waals surface area (Å²) in [7, 11) is 0. The molecule has 56 heavy (non-hydrogen) atoms. The highest BCUT2D eigenvalue weighted by molar-refractivity contribution is 9.10. The predicted octanol–water partition coefficient (Wildman–Crippen LogP) is 6.08. The SMILES string of the molecule is N#Cc1c(Br)n([C@@H]2OC(COC(=O)c3ccccc3)(COC(=O)c3ccccc3)[C@@H](OC(=O)c3ccccc3)[C@H]2OC(=O)c2ccccc2)c2ncnc(N)c12. The van der Waals surface area contributed by atoms with Crippen LogP contribution in [0.4, 0.5) is 5.82 Å². The van der Waals surface area contributed by atoms with Crippen molar-refractivity contribution >= 4 is 56.7 Å². The number of nitrogens with two attached hydrogens (primary N) is 1. The topological polar surface area (TPSA) is 195 Å². The molecule has 0 bridgehead atoms. The second-order valence-corrected chi connectivity index (χ2v) is 13.2. The van der Waals surface area contributed by atoms with E-state index >= 15 is 0 Å². The summed E-state index contributed by atoms with van der Waals surface area (Å²) >= 11 is 3.49. The summed E-state index contributed by atoms with van der Waals surface area (Å²) in [6, 6.07) is 34.3. The van der Waals surface area contributed by atoms with Gasteiger partial charge in [0.25, 0.3) is 0 Å². The molecule has 1 aliphatic heterocycles. The van der Waals surface area contributed by atoms with Gasteiger partial charge in [-0.2, -0.15) is 5.26 Å². The number of halogens is 1. The van der Waals surface area contributed by atoms with E-state index in [0.717, 1.165) is 0 Å². The van der Waals surface area contributed by atoms with Crippen LogP contribution in [0.1, 0.15) is 53.2 Å². The molecule has 3 atom stereocenters. The summed E-state index contributed by atoms with van der Waals surface area (Å²) in [5.41, 5.74) is 4.92. The van der Waals surface area contributed by atoms with Gasteiger partial charge in [-0.1, -0.05) is 72.8 Å². The van der Waals surface area contributed by atoms with Gasteiger partial charge in [0.05, 0.1) is 33.2 Å². The normalized spacial score (nSPS) is 17.0.